The third kappa shape index (κ3) is 7.34. The number of morpholine rings is 1. The van der Waals surface area contributed by atoms with E-state index >= 15 is 0 Å². The predicted molar refractivity (Wildman–Crippen MR) is 152 cm³/mol. The number of aromatic nitrogens is 3. The number of hydrogen-bond acceptors (Lipinski definition) is 9. The fourth-order valence-corrected chi connectivity index (χ4v) is 5.51. The summed E-state index contributed by atoms with van der Waals surface area (Å²) in [5, 5.41) is 3.95. The summed E-state index contributed by atoms with van der Waals surface area (Å²) in [7, 11) is -3.20. The number of carbonyl (C=O) groups is 1. The van der Waals surface area contributed by atoms with Crippen LogP contribution in [0.2, 0.25) is 0 Å². The standard InChI is InChI=1S/C27H35N7O5S/c1-40(36,37)31-9-2-14-39-22-4-5-23-24(17-22)29-19-30-26(23)20-7-10-34(11-8-20)27(35)32-21-3-6-25(28-18-21)33-12-15-38-16-13-33/h3-6,17-20,31H,2,7-16H2,1H3,(H,32,35). The molecule has 2 aliphatic rings. The van der Waals surface area contributed by atoms with Crippen LogP contribution in [0.15, 0.2) is 42.9 Å². The third-order valence-electron chi connectivity index (χ3n) is 7.10. The molecule has 3 aromatic rings. The van der Waals surface area contributed by atoms with Crippen LogP contribution in [-0.4, -0.2) is 93.1 Å². The summed E-state index contributed by atoms with van der Waals surface area (Å²) in [5.74, 6) is 1.79. The highest BCUT2D eigenvalue weighted by Crippen LogP contribution is 2.32. The molecule has 0 atom stereocenters. The van der Waals surface area contributed by atoms with Gasteiger partial charge in [-0.3, -0.25) is 0 Å². The van der Waals surface area contributed by atoms with E-state index in [4.69, 9.17) is 9.47 Å². The maximum atomic E-state index is 12.9. The van der Waals surface area contributed by atoms with Crippen molar-refractivity contribution in [1.29, 1.82) is 0 Å². The maximum absolute atomic E-state index is 12.9. The van der Waals surface area contributed by atoms with Crippen LogP contribution in [0.25, 0.3) is 10.9 Å². The molecule has 0 spiro atoms. The summed E-state index contributed by atoms with van der Waals surface area (Å²) in [4.78, 5) is 30.5. The first kappa shape index (κ1) is 28.0. The Labute approximate surface area is 234 Å². The van der Waals surface area contributed by atoms with Gasteiger partial charge in [0.05, 0.1) is 49.2 Å². The molecule has 40 heavy (non-hydrogen) atoms. The zero-order chi connectivity index (χ0) is 28.0. The number of sulfonamides is 1. The summed E-state index contributed by atoms with van der Waals surface area (Å²) in [6.07, 6.45) is 6.58. The van der Waals surface area contributed by atoms with Crippen molar-refractivity contribution in [3.63, 3.8) is 0 Å². The SMILES string of the molecule is CS(=O)(=O)NCCCOc1ccc2c(C3CCN(C(=O)Nc4ccc(N5CCOCC5)nc4)CC3)ncnc2c1. The monoisotopic (exact) mass is 569 g/mol. The van der Waals surface area contributed by atoms with Gasteiger partial charge in [-0.05, 0) is 43.5 Å². The van der Waals surface area contributed by atoms with E-state index in [1.54, 1.807) is 12.5 Å². The van der Waals surface area contributed by atoms with E-state index in [-0.39, 0.29) is 11.9 Å². The number of piperidine rings is 1. The van der Waals surface area contributed by atoms with E-state index in [1.807, 2.05) is 35.2 Å². The number of pyridine rings is 1. The van der Waals surface area contributed by atoms with Gasteiger partial charge in [0.1, 0.15) is 17.9 Å². The number of amides is 2. The number of hydrogen-bond donors (Lipinski definition) is 2. The Kier molecular flexibility index (Phi) is 8.92. The minimum absolute atomic E-state index is 0.125. The number of anilines is 2. The number of fused-ring (bicyclic) bond motifs is 1. The second kappa shape index (κ2) is 12.7. The number of rotatable bonds is 9. The van der Waals surface area contributed by atoms with Crippen LogP contribution in [0.1, 0.15) is 30.9 Å². The van der Waals surface area contributed by atoms with Gasteiger partial charge < -0.3 is 24.6 Å². The normalized spacial score (nSPS) is 16.7. The lowest BCUT2D eigenvalue weighted by atomic mass is 9.91. The molecule has 2 saturated heterocycles. The van der Waals surface area contributed by atoms with Gasteiger partial charge in [0, 0.05) is 50.1 Å². The Morgan fingerprint density at radius 1 is 1.07 bits per heavy atom. The molecule has 0 radical (unpaired) electrons. The summed E-state index contributed by atoms with van der Waals surface area (Å²) in [5.41, 5.74) is 2.46. The second-order valence-corrected chi connectivity index (χ2v) is 11.8. The van der Waals surface area contributed by atoms with Crippen molar-refractivity contribution in [2.45, 2.75) is 25.2 Å². The molecule has 2 fully saturated rings. The Bertz CT molecular complexity index is 1410. The van der Waals surface area contributed by atoms with E-state index in [0.717, 1.165) is 54.6 Å². The van der Waals surface area contributed by atoms with E-state index < -0.39 is 10.0 Å². The van der Waals surface area contributed by atoms with Crippen LogP contribution in [0.4, 0.5) is 16.3 Å². The molecule has 13 heteroatoms. The maximum Gasteiger partial charge on any atom is 0.321 e. The van der Waals surface area contributed by atoms with Crippen LogP contribution in [-0.2, 0) is 14.8 Å². The Balaban J connectivity index is 1.13. The average Bonchev–Trinajstić information content (AvgIpc) is 2.97. The summed E-state index contributed by atoms with van der Waals surface area (Å²) < 4.78 is 35.9. The molecule has 12 nitrogen and oxygen atoms in total. The number of nitrogens with one attached hydrogen (secondary N) is 2. The molecule has 0 bridgehead atoms. The first-order valence-electron chi connectivity index (χ1n) is 13.5. The molecular formula is C27H35N7O5S. The smallest absolute Gasteiger partial charge is 0.321 e. The molecule has 5 rings (SSSR count). The largest absolute Gasteiger partial charge is 0.493 e. The highest BCUT2D eigenvalue weighted by atomic mass is 32.2. The van der Waals surface area contributed by atoms with E-state index in [0.29, 0.717) is 57.3 Å². The molecular weight excluding hydrogens is 534 g/mol. The number of urea groups is 1. The van der Waals surface area contributed by atoms with Crippen molar-refractivity contribution in [2.75, 3.05) is 69.0 Å². The molecule has 2 N–H and O–H groups in total. The van der Waals surface area contributed by atoms with Crippen LogP contribution in [0, 0.1) is 0 Å². The van der Waals surface area contributed by atoms with Crippen molar-refractivity contribution in [1.82, 2.24) is 24.6 Å². The third-order valence-corrected chi connectivity index (χ3v) is 7.82. The van der Waals surface area contributed by atoms with E-state index in [2.05, 4.69) is 29.9 Å². The van der Waals surface area contributed by atoms with Gasteiger partial charge in [-0.1, -0.05) is 0 Å². The first-order valence-corrected chi connectivity index (χ1v) is 15.4. The first-order chi connectivity index (χ1) is 19.4. The Hall–Kier alpha value is -3.55. The Morgan fingerprint density at radius 3 is 2.60 bits per heavy atom. The fourth-order valence-electron chi connectivity index (χ4n) is 4.99. The summed E-state index contributed by atoms with van der Waals surface area (Å²) in [6, 6.07) is 9.44. The van der Waals surface area contributed by atoms with Crippen molar-refractivity contribution in [2.24, 2.45) is 0 Å². The van der Waals surface area contributed by atoms with Crippen molar-refractivity contribution < 1.29 is 22.7 Å². The highest BCUT2D eigenvalue weighted by molar-refractivity contribution is 7.88. The molecule has 2 aliphatic heterocycles. The van der Waals surface area contributed by atoms with Crippen LogP contribution >= 0.6 is 0 Å². The van der Waals surface area contributed by atoms with Gasteiger partial charge in [0.15, 0.2) is 0 Å². The highest BCUT2D eigenvalue weighted by Gasteiger charge is 2.26. The molecule has 214 valence electrons. The van der Waals surface area contributed by atoms with Gasteiger partial charge in [-0.15, -0.1) is 0 Å². The number of nitrogens with zero attached hydrogens (tertiary/aromatic N) is 5. The minimum Gasteiger partial charge on any atom is -0.493 e. The van der Waals surface area contributed by atoms with Gasteiger partial charge in [-0.2, -0.15) is 0 Å². The van der Waals surface area contributed by atoms with Gasteiger partial charge in [0.2, 0.25) is 10.0 Å². The van der Waals surface area contributed by atoms with Crippen molar-refractivity contribution in [3.05, 3.63) is 48.5 Å². The van der Waals surface area contributed by atoms with Crippen LogP contribution < -0.4 is 19.7 Å². The second-order valence-electron chi connectivity index (χ2n) is 10.0. The number of carbonyl (C=O) groups excluding carboxylic acids is 1. The molecule has 1 aromatic carbocycles. The fraction of sp³-hybridized carbons (Fsp3) is 0.481. The van der Waals surface area contributed by atoms with Crippen molar-refractivity contribution >= 4 is 38.5 Å². The molecule has 2 amide bonds. The number of benzene rings is 1. The Morgan fingerprint density at radius 2 is 1.88 bits per heavy atom. The average molecular weight is 570 g/mol. The lowest BCUT2D eigenvalue weighted by Crippen LogP contribution is -2.40. The lowest BCUT2D eigenvalue weighted by Gasteiger charge is -2.32. The quantitative estimate of drug-likeness (QED) is 0.372. The van der Waals surface area contributed by atoms with E-state index in [9.17, 15) is 13.2 Å². The number of likely N-dealkylation sites (tertiary alicyclic amines) is 1. The molecule has 0 saturated carbocycles. The topological polar surface area (TPSA) is 139 Å². The molecule has 4 heterocycles. The lowest BCUT2D eigenvalue weighted by molar-refractivity contribution is 0.122. The summed E-state index contributed by atoms with van der Waals surface area (Å²) >= 11 is 0. The van der Waals surface area contributed by atoms with Gasteiger partial charge in [0.25, 0.3) is 0 Å². The van der Waals surface area contributed by atoms with Gasteiger partial charge in [-0.25, -0.2) is 32.9 Å². The predicted octanol–water partition coefficient (Wildman–Crippen LogP) is 2.59. The van der Waals surface area contributed by atoms with Gasteiger partial charge >= 0.3 is 6.03 Å². The zero-order valence-corrected chi connectivity index (χ0v) is 23.4. The van der Waals surface area contributed by atoms with Crippen molar-refractivity contribution in [3.8, 4) is 5.75 Å². The van der Waals surface area contributed by atoms with Crippen LogP contribution in [0.5, 0.6) is 5.75 Å². The molecule has 0 unspecified atom stereocenters. The molecule has 0 aliphatic carbocycles. The molecule has 2 aromatic heterocycles. The zero-order valence-electron chi connectivity index (χ0n) is 22.6. The van der Waals surface area contributed by atoms with E-state index in [1.165, 1.54) is 0 Å². The van der Waals surface area contributed by atoms with Crippen LogP contribution in [0.3, 0.4) is 0 Å². The number of ether oxygens (including phenoxy) is 2. The minimum atomic E-state index is -3.20. The summed E-state index contributed by atoms with van der Waals surface area (Å²) in [6.45, 7) is 5.01.